The van der Waals surface area contributed by atoms with Crippen LogP contribution < -0.4 is 11.1 Å². The van der Waals surface area contributed by atoms with Crippen LogP contribution in [0.2, 0.25) is 0 Å². The molecule has 3 nitrogen and oxygen atoms in total. The van der Waals surface area contributed by atoms with Crippen molar-refractivity contribution in [2.45, 2.75) is 32.6 Å². The van der Waals surface area contributed by atoms with E-state index in [2.05, 4.69) is 28.2 Å². The molecule has 0 heterocycles. The van der Waals surface area contributed by atoms with E-state index in [0.29, 0.717) is 18.8 Å². The van der Waals surface area contributed by atoms with Crippen LogP contribution in [-0.4, -0.2) is 12.5 Å². The van der Waals surface area contributed by atoms with Crippen molar-refractivity contribution in [2.75, 3.05) is 11.9 Å². The van der Waals surface area contributed by atoms with Crippen molar-refractivity contribution in [3.05, 3.63) is 28.2 Å². The Morgan fingerprint density at radius 1 is 1.38 bits per heavy atom. The third kappa shape index (κ3) is 3.43. The zero-order valence-corrected chi connectivity index (χ0v) is 13.5. The number of halogens is 3. The molecule has 21 heavy (non-hydrogen) atoms. The fraction of sp³-hybridized carbons (Fsp3) is 0.533. The summed E-state index contributed by atoms with van der Waals surface area (Å²) in [7, 11) is 0. The summed E-state index contributed by atoms with van der Waals surface area (Å²) < 4.78 is 27.9. The fourth-order valence-corrected chi connectivity index (χ4v) is 3.15. The lowest BCUT2D eigenvalue weighted by Gasteiger charge is -2.37. The maximum absolute atomic E-state index is 13.8. The van der Waals surface area contributed by atoms with Crippen molar-refractivity contribution >= 4 is 27.5 Å². The maximum atomic E-state index is 13.8. The number of nitrogens with two attached hydrogens (primary N) is 1. The van der Waals surface area contributed by atoms with Gasteiger partial charge >= 0.3 is 0 Å². The van der Waals surface area contributed by atoms with Crippen LogP contribution >= 0.6 is 15.9 Å². The van der Waals surface area contributed by atoms with Crippen molar-refractivity contribution in [3.63, 3.8) is 0 Å². The van der Waals surface area contributed by atoms with Gasteiger partial charge in [0.15, 0.2) is 11.6 Å². The highest BCUT2D eigenvalue weighted by molar-refractivity contribution is 9.10. The van der Waals surface area contributed by atoms with Gasteiger partial charge in [0.25, 0.3) is 0 Å². The molecule has 0 unspecified atom stereocenters. The molecule has 1 aliphatic carbocycles. The van der Waals surface area contributed by atoms with Gasteiger partial charge in [0.1, 0.15) is 5.69 Å². The van der Waals surface area contributed by atoms with Gasteiger partial charge in [-0.25, -0.2) is 8.78 Å². The molecule has 1 amide bonds. The Hall–Kier alpha value is -1.01. The van der Waals surface area contributed by atoms with E-state index in [-0.39, 0.29) is 11.0 Å². The first-order valence-corrected chi connectivity index (χ1v) is 7.83. The summed E-state index contributed by atoms with van der Waals surface area (Å²) in [5.41, 5.74) is 4.65. The third-order valence-electron chi connectivity index (χ3n) is 4.35. The average molecular weight is 361 g/mol. The highest BCUT2D eigenvalue weighted by Gasteiger charge is 2.40. The maximum Gasteiger partial charge on any atom is 0.232 e. The van der Waals surface area contributed by atoms with E-state index in [1.165, 1.54) is 0 Å². The van der Waals surface area contributed by atoms with Crippen LogP contribution in [0.1, 0.15) is 32.6 Å². The lowest BCUT2D eigenvalue weighted by molar-refractivity contribution is -0.127. The highest BCUT2D eigenvalue weighted by atomic mass is 79.9. The van der Waals surface area contributed by atoms with Crippen LogP contribution in [0.25, 0.3) is 0 Å². The topological polar surface area (TPSA) is 55.1 Å². The summed E-state index contributed by atoms with van der Waals surface area (Å²) in [5.74, 6) is -1.44. The molecule has 0 aromatic heterocycles. The Balaban J connectivity index is 2.21. The van der Waals surface area contributed by atoms with Crippen LogP contribution in [0.4, 0.5) is 14.5 Å². The molecule has 0 aliphatic heterocycles. The number of anilines is 1. The average Bonchev–Trinajstić information content (AvgIpc) is 2.43. The normalized spacial score (nSPS) is 25.7. The van der Waals surface area contributed by atoms with Crippen molar-refractivity contribution in [3.8, 4) is 0 Å². The molecule has 0 spiro atoms. The molecular weight excluding hydrogens is 342 g/mol. The molecular formula is C15H19BrF2N2O. The second kappa shape index (κ2) is 6.40. The van der Waals surface area contributed by atoms with Crippen molar-refractivity contribution in [1.29, 1.82) is 0 Å². The Morgan fingerprint density at radius 2 is 1.90 bits per heavy atom. The monoisotopic (exact) mass is 360 g/mol. The third-order valence-corrected chi connectivity index (χ3v) is 4.81. The van der Waals surface area contributed by atoms with E-state index in [1.807, 2.05) is 0 Å². The fourth-order valence-electron chi connectivity index (χ4n) is 2.75. The first-order valence-electron chi connectivity index (χ1n) is 7.04. The van der Waals surface area contributed by atoms with E-state index in [0.717, 1.165) is 25.0 Å². The molecule has 1 fully saturated rings. The van der Waals surface area contributed by atoms with Crippen LogP contribution in [0.15, 0.2) is 16.6 Å². The second-order valence-corrected chi connectivity index (χ2v) is 6.78. The summed E-state index contributed by atoms with van der Waals surface area (Å²) in [4.78, 5) is 12.5. The Bertz CT molecular complexity index is 519. The Labute approximate surface area is 131 Å². The number of benzene rings is 1. The highest BCUT2D eigenvalue weighted by Crippen LogP contribution is 2.39. The van der Waals surface area contributed by atoms with Crippen LogP contribution in [0, 0.1) is 23.0 Å². The first kappa shape index (κ1) is 16.4. The molecule has 0 bridgehead atoms. The molecule has 0 atom stereocenters. The zero-order chi connectivity index (χ0) is 15.6. The molecule has 1 aromatic carbocycles. The van der Waals surface area contributed by atoms with Crippen molar-refractivity contribution in [2.24, 2.45) is 17.1 Å². The lowest BCUT2D eigenvalue weighted by atomic mass is 9.70. The quantitative estimate of drug-likeness (QED) is 0.860. The van der Waals surface area contributed by atoms with Gasteiger partial charge in [0.05, 0.1) is 5.41 Å². The SMILES string of the molecule is CC1CCC(CN)(C(=O)Nc2c(F)cc(Br)cc2F)CC1. The van der Waals surface area contributed by atoms with Crippen molar-refractivity contribution < 1.29 is 13.6 Å². The Kier molecular flexibility index (Phi) is 4.99. The summed E-state index contributed by atoms with van der Waals surface area (Å²) in [6, 6.07) is 2.24. The minimum Gasteiger partial charge on any atom is -0.329 e. The van der Waals surface area contributed by atoms with Crippen LogP contribution in [-0.2, 0) is 4.79 Å². The number of carbonyl (C=O) groups is 1. The predicted octanol–water partition coefficient (Wildman–Crippen LogP) is 3.82. The standard InChI is InChI=1S/C15H19BrF2N2O/c1-9-2-4-15(8-19,5-3-9)14(21)20-13-11(17)6-10(16)7-12(13)18/h6-7,9H,2-5,8,19H2,1H3,(H,20,21). The summed E-state index contributed by atoms with van der Waals surface area (Å²) in [6.45, 7) is 2.32. The summed E-state index contributed by atoms with van der Waals surface area (Å²) in [6.07, 6.45) is 3.10. The predicted molar refractivity (Wildman–Crippen MR) is 81.8 cm³/mol. The molecule has 0 radical (unpaired) electrons. The Morgan fingerprint density at radius 3 is 2.38 bits per heavy atom. The number of nitrogens with one attached hydrogen (secondary N) is 1. The van der Waals surface area contributed by atoms with E-state index in [9.17, 15) is 13.6 Å². The number of carbonyl (C=O) groups excluding carboxylic acids is 1. The van der Waals surface area contributed by atoms with E-state index < -0.39 is 28.6 Å². The number of rotatable bonds is 3. The van der Waals surface area contributed by atoms with Gasteiger partial charge < -0.3 is 11.1 Å². The molecule has 2 rings (SSSR count). The van der Waals surface area contributed by atoms with E-state index in [1.54, 1.807) is 0 Å². The molecule has 1 aromatic rings. The molecule has 3 N–H and O–H groups in total. The summed E-state index contributed by atoms with van der Waals surface area (Å²) in [5, 5.41) is 2.39. The van der Waals surface area contributed by atoms with Gasteiger partial charge in [0.2, 0.25) is 5.91 Å². The van der Waals surface area contributed by atoms with E-state index >= 15 is 0 Å². The molecule has 1 aliphatic rings. The summed E-state index contributed by atoms with van der Waals surface area (Å²) >= 11 is 3.01. The van der Waals surface area contributed by atoms with Gasteiger partial charge in [-0.05, 0) is 43.7 Å². The van der Waals surface area contributed by atoms with Gasteiger partial charge in [-0.2, -0.15) is 0 Å². The lowest BCUT2D eigenvalue weighted by Crippen LogP contribution is -2.45. The van der Waals surface area contributed by atoms with Gasteiger partial charge in [-0.15, -0.1) is 0 Å². The van der Waals surface area contributed by atoms with Crippen LogP contribution in [0.5, 0.6) is 0 Å². The second-order valence-electron chi connectivity index (χ2n) is 5.87. The number of hydrogen-bond donors (Lipinski definition) is 2. The smallest absolute Gasteiger partial charge is 0.232 e. The molecule has 0 saturated heterocycles. The van der Waals surface area contributed by atoms with Gasteiger partial charge in [0, 0.05) is 11.0 Å². The van der Waals surface area contributed by atoms with Gasteiger partial charge in [-0.3, -0.25) is 4.79 Å². The number of hydrogen-bond acceptors (Lipinski definition) is 2. The first-order chi connectivity index (χ1) is 9.88. The zero-order valence-electron chi connectivity index (χ0n) is 11.9. The molecule has 1 saturated carbocycles. The van der Waals surface area contributed by atoms with Crippen LogP contribution in [0.3, 0.4) is 0 Å². The molecule has 6 heteroatoms. The number of amides is 1. The minimum absolute atomic E-state index is 0.186. The van der Waals surface area contributed by atoms with Gasteiger partial charge in [-0.1, -0.05) is 22.9 Å². The largest absolute Gasteiger partial charge is 0.329 e. The molecule has 116 valence electrons. The van der Waals surface area contributed by atoms with Crippen molar-refractivity contribution in [1.82, 2.24) is 0 Å². The minimum atomic E-state index is -0.799. The van der Waals surface area contributed by atoms with E-state index in [4.69, 9.17) is 5.73 Å².